The van der Waals surface area contributed by atoms with E-state index in [0.717, 1.165) is 12.8 Å². The van der Waals surface area contributed by atoms with E-state index in [1.54, 1.807) is 24.3 Å². The quantitative estimate of drug-likeness (QED) is 0.242. The maximum atomic E-state index is 11.8. The van der Waals surface area contributed by atoms with E-state index >= 15 is 0 Å². The van der Waals surface area contributed by atoms with E-state index in [1.807, 2.05) is 0 Å². The highest BCUT2D eigenvalue weighted by Gasteiger charge is 2.05. The molecule has 0 heterocycles. The van der Waals surface area contributed by atoms with Gasteiger partial charge in [-0.15, -0.1) is 0 Å². The van der Waals surface area contributed by atoms with Gasteiger partial charge >= 0.3 is 5.97 Å². The SMILES string of the molecule is CCCCCCCCCCCCCC(=O)Oc1ccc(NC(C)=O)cc1. The molecule has 1 amide bonds. The molecule has 0 atom stereocenters. The summed E-state index contributed by atoms with van der Waals surface area (Å²) < 4.78 is 5.31. The Kier molecular flexibility index (Phi) is 12.2. The number of unbranched alkanes of at least 4 members (excludes halogenated alkanes) is 10. The van der Waals surface area contributed by atoms with Crippen molar-refractivity contribution < 1.29 is 14.3 Å². The zero-order chi connectivity index (χ0) is 19.0. The fourth-order valence-electron chi connectivity index (χ4n) is 2.93. The Morgan fingerprint density at radius 2 is 1.31 bits per heavy atom. The van der Waals surface area contributed by atoms with E-state index in [1.165, 1.54) is 64.7 Å². The largest absolute Gasteiger partial charge is 0.427 e. The molecule has 1 rings (SSSR count). The number of anilines is 1. The number of carbonyl (C=O) groups is 2. The first-order valence-electron chi connectivity index (χ1n) is 10.2. The standard InChI is InChI=1S/C22H35NO3/c1-3-4-5-6-7-8-9-10-11-12-13-14-22(25)26-21-17-15-20(16-18-21)23-19(2)24/h15-18H,3-14H2,1-2H3,(H,23,24). The van der Waals surface area contributed by atoms with Crippen molar-refractivity contribution in [3.63, 3.8) is 0 Å². The maximum absolute atomic E-state index is 11.8. The predicted octanol–water partition coefficient (Wildman–Crippen LogP) is 6.25. The molecular formula is C22H35NO3. The van der Waals surface area contributed by atoms with E-state index in [4.69, 9.17) is 4.74 Å². The Morgan fingerprint density at radius 3 is 1.81 bits per heavy atom. The number of nitrogens with one attached hydrogen (secondary N) is 1. The third-order valence-corrected chi connectivity index (χ3v) is 4.39. The fourth-order valence-corrected chi connectivity index (χ4v) is 2.93. The van der Waals surface area contributed by atoms with Crippen LogP contribution < -0.4 is 10.1 Å². The Balaban J connectivity index is 2.00. The number of hydrogen-bond acceptors (Lipinski definition) is 3. The summed E-state index contributed by atoms with van der Waals surface area (Å²) in [5.41, 5.74) is 0.697. The molecule has 0 spiro atoms. The first kappa shape index (κ1) is 22.2. The molecule has 0 aliphatic rings. The van der Waals surface area contributed by atoms with Crippen LogP contribution in [0.3, 0.4) is 0 Å². The molecule has 1 aromatic rings. The summed E-state index contributed by atoms with van der Waals surface area (Å²) in [6, 6.07) is 6.85. The van der Waals surface area contributed by atoms with Crippen LogP contribution in [0.2, 0.25) is 0 Å². The van der Waals surface area contributed by atoms with Crippen LogP contribution in [0.15, 0.2) is 24.3 Å². The third kappa shape index (κ3) is 11.7. The number of amides is 1. The first-order valence-corrected chi connectivity index (χ1v) is 10.2. The fraction of sp³-hybridized carbons (Fsp3) is 0.636. The summed E-state index contributed by atoms with van der Waals surface area (Å²) in [7, 11) is 0. The van der Waals surface area contributed by atoms with Gasteiger partial charge in [-0.2, -0.15) is 0 Å². The van der Waals surface area contributed by atoms with Crippen molar-refractivity contribution in [2.45, 2.75) is 90.9 Å². The van der Waals surface area contributed by atoms with Crippen molar-refractivity contribution in [2.24, 2.45) is 0 Å². The van der Waals surface area contributed by atoms with Gasteiger partial charge in [-0.05, 0) is 30.7 Å². The summed E-state index contributed by atoms with van der Waals surface area (Å²) in [5, 5.41) is 2.68. The maximum Gasteiger partial charge on any atom is 0.311 e. The average Bonchev–Trinajstić information content (AvgIpc) is 2.61. The van der Waals surface area contributed by atoms with Crippen LogP contribution in [0.1, 0.15) is 90.9 Å². The normalized spacial score (nSPS) is 10.5. The van der Waals surface area contributed by atoms with Crippen molar-refractivity contribution in [3.05, 3.63) is 24.3 Å². The lowest BCUT2D eigenvalue weighted by Crippen LogP contribution is -2.08. The van der Waals surface area contributed by atoms with Gasteiger partial charge in [0.1, 0.15) is 5.75 Å². The van der Waals surface area contributed by atoms with Crippen molar-refractivity contribution in [1.29, 1.82) is 0 Å². The average molecular weight is 362 g/mol. The number of ether oxygens (including phenoxy) is 1. The van der Waals surface area contributed by atoms with Gasteiger partial charge in [0.2, 0.25) is 5.91 Å². The van der Waals surface area contributed by atoms with Gasteiger partial charge in [-0.3, -0.25) is 9.59 Å². The highest BCUT2D eigenvalue weighted by molar-refractivity contribution is 5.88. The van der Waals surface area contributed by atoms with Crippen molar-refractivity contribution >= 4 is 17.6 Å². The zero-order valence-electron chi connectivity index (χ0n) is 16.5. The van der Waals surface area contributed by atoms with Crippen LogP contribution >= 0.6 is 0 Å². The van der Waals surface area contributed by atoms with Gasteiger partial charge in [-0.25, -0.2) is 0 Å². The molecule has 0 unspecified atom stereocenters. The minimum Gasteiger partial charge on any atom is -0.427 e. The zero-order valence-corrected chi connectivity index (χ0v) is 16.5. The first-order chi connectivity index (χ1) is 12.6. The molecule has 146 valence electrons. The number of rotatable bonds is 14. The minimum absolute atomic E-state index is 0.119. The molecular weight excluding hydrogens is 326 g/mol. The predicted molar refractivity (Wildman–Crippen MR) is 107 cm³/mol. The van der Waals surface area contributed by atoms with Crippen LogP contribution in [0, 0.1) is 0 Å². The van der Waals surface area contributed by atoms with Crippen molar-refractivity contribution in [3.8, 4) is 5.75 Å². The summed E-state index contributed by atoms with van der Waals surface area (Å²) in [6.45, 7) is 3.71. The Bertz CT molecular complexity index is 511. The van der Waals surface area contributed by atoms with Gasteiger partial charge in [0.25, 0.3) is 0 Å². The summed E-state index contributed by atoms with van der Waals surface area (Å²) in [6.07, 6.45) is 14.4. The number of carbonyl (C=O) groups excluding carboxylic acids is 2. The van der Waals surface area contributed by atoms with E-state index in [2.05, 4.69) is 12.2 Å². The molecule has 0 saturated heterocycles. The number of benzene rings is 1. The minimum atomic E-state index is -0.187. The van der Waals surface area contributed by atoms with Gasteiger partial charge < -0.3 is 10.1 Å². The van der Waals surface area contributed by atoms with Crippen molar-refractivity contribution in [2.75, 3.05) is 5.32 Å². The lowest BCUT2D eigenvalue weighted by Gasteiger charge is -2.06. The summed E-state index contributed by atoms with van der Waals surface area (Å²) in [5.74, 6) is 0.214. The molecule has 26 heavy (non-hydrogen) atoms. The van der Waals surface area contributed by atoms with Gasteiger partial charge in [0.05, 0.1) is 0 Å². The third-order valence-electron chi connectivity index (χ3n) is 4.39. The van der Waals surface area contributed by atoms with Crippen LogP contribution in [0.5, 0.6) is 5.75 Å². The highest BCUT2D eigenvalue weighted by Crippen LogP contribution is 2.17. The molecule has 4 nitrogen and oxygen atoms in total. The topological polar surface area (TPSA) is 55.4 Å². The number of hydrogen-bond donors (Lipinski definition) is 1. The van der Waals surface area contributed by atoms with Crippen LogP contribution in [0.25, 0.3) is 0 Å². The van der Waals surface area contributed by atoms with E-state index < -0.39 is 0 Å². The second-order valence-electron chi connectivity index (χ2n) is 6.97. The Labute approximate surface area is 158 Å². The Hall–Kier alpha value is -1.84. The van der Waals surface area contributed by atoms with E-state index in [0.29, 0.717) is 17.9 Å². The smallest absolute Gasteiger partial charge is 0.311 e. The molecule has 0 radical (unpaired) electrons. The highest BCUT2D eigenvalue weighted by atomic mass is 16.5. The molecule has 0 aromatic heterocycles. The van der Waals surface area contributed by atoms with E-state index in [9.17, 15) is 9.59 Å². The Morgan fingerprint density at radius 1 is 0.808 bits per heavy atom. The molecule has 4 heteroatoms. The van der Waals surface area contributed by atoms with Gasteiger partial charge in [0, 0.05) is 19.0 Å². The molecule has 0 aliphatic heterocycles. The van der Waals surface area contributed by atoms with Crippen LogP contribution in [-0.2, 0) is 9.59 Å². The number of esters is 1. The molecule has 0 fully saturated rings. The second kappa shape index (κ2) is 14.3. The van der Waals surface area contributed by atoms with Crippen LogP contribution in [0.4, 0.5) is 5.69 Å². The molecule has 1 N–H and O–H groups in total. The molecule has 0 bridgehead atoms. The molecule has 0 aliphatic carbocycles. The van der Waals surface area contributed by atoms with E-state index in [-0.39, 0.29) is 11.9 Å². The lowest BCUT2D eigenvalue weighted by molar-refractivity contribution is -0.134. The monoisotopic (exact) mass is 361 g/mol. The van der Waals surface area contributed by atoms with Crippen molar-refractivity contribution in [1.82, 2.24) is 0 Å². The molecule has 1 aromatic carbocycles. The van der Waals surface area contributed by atoms with Gasteiger partial charge in [0.15, 0.2) is 0 Å². The molecule has 0 saturated carbocycles. The second-order valence-corrected chi connectivity index (χ2v) is 6.97. The summed E-state index contributed by atoms with van der Waals surface area (Å²) in [4.78, 5) is 22.8. The van der Waals surface area contributed by atoms with Crippen LogP contribution in [-0.4, -0.2) is 11.9 Å². The van der Waals surface area contributed by atoms with Gasteiger partial charge in [-0.1, -0.05) is 71.1 Å². The lowest BCUT2D eigenvalue weighted by atomic mass is 10.1. The summed E-state index contributed by atoms with van der Waals surface area (Å²) >= 11 is 0.